The second-order valence-corrected chi connectivity index (χ2v) is 5.73. The van der Waals surface area contributed by atoms with Gasteiger partial charge >= 0.3 is 5.97 Å². The minimum absolute atomic E-state index is 0.00566. The Balaban J connectivity index is 1.64. The molecular formula is C18H19N3O4. The number of hydrogen-bond donors (Lipinski definition) is 1. The molecule has 0 bridgehead atoms. The van der Waals surface area contributed by atoms with Gasteiger partial charge in [-0.2, -0.15) is 0 Å². The van der Waals surface area contributed by atoms with Crippen molar-refractivity contribution in [2.75, 3.05) is 31.1 Å². The van der Waals surface area contributed by atoms with Crippen molar-refractivity contribution in [2.24, 2.45) is 0 Å². The topological polar surface area (TPSA) is 83.0 Å². The van der Waals surface area contributed by atoms with Crippen LogP contribution in [-0.4, -0.2) is 53.1 Å². The van der Waals surface area contributed by atoms with Crippen LogP contribution in [0.4, 0.5) is 5.82 Å². The van der Waals surface area contributed by atoms with Crippen LogP contribution in [0.25, 0.3) is 0 Å². The van der Waals surface area contributed by atoms with Gasteiger partial charge in [-0.3, -0.25) is 14.6 Å². The fraction of sp³-hybridized carbons (Fsp3) is 0.278. The maximum absolute atomic E-state index is 12.4. The lowest BCUT2D eigenvalue weighted by atomic mass is 10.1. The number of carboxylic acids is 1. The Morgan fingerprint density at radius 3 is 2.68 bits per heavy atom. The van der Waals surface area contributed by atoms with Crippen molar-refractivity contribution in [1.82, 2.24) is 9.88 Å². The molecule has 0 saturated carbocycles. The zero-order valence-corrected chi connectivity index (χ0v) is 13.7. The molecule has 1 amide bonds. The highest BCUT2D eigenvalue weighted by Crippen LogP contribution is 2.21. The molecule has 1 fully saturated rings. The van der Waals surface area contributed by atoms with Crippen LogP contribution < -0.4 is 9.64 Å². The highest BCUT2D eigenvalue weighted by atomic mass is 16.5. The van der Waals surface area contributed by atoms with Crippen LogP contribution in [0.5, 0.6) is 5.75 Å². The van der Waals surface area contributed by atoms with E-state index in [2.05, 4.69) is 4.98 Å². The number of anilines is 1. The van der Waals surface area contributed by atoms with Crippen LogP contribution in [0.3, 0.4) is 0 Å². The van der Waals surface area contributed by atoms with Gasteiger partial charge in [0.15, 0.2) is 6.61 Å². The predicted octanol–water partition coefficient (Wildman–Crippen LogP) is 1.39. The number of nitrogens with zero attached hydrogens (tertiary/aromatic N) is 3. The second-order valence-electron chi connectivity index (χ2n) is 5.73. The molecule has 1 aliphatic heterocycles. The molecule has 0 unspecified atom stereocenters. The number of para-hydroxylation sites is 1. The van der Waals surface area contributed by atoms with Crippen molar-refractivity contribution < 1.29 is 19.4 Å². The van der Waals surface area contributed by atoms with Crippen LogP contribution in [0.2, 0.25) is 0 Å². The van der Waals surface area contributed by atoms with Gasteiger partial charge < -0.3 is 9.84 Å². The van der Waals surface area contributed by atoms with Crippen LogP contribution in [-0.2, 0) is 16.1 Å². The maximum Gasteiger partial charge on any atom is 0.341 e. The van der Waals surface area contributed by atoms with E-state index in [0.29, 0.717) is 31.2 Å². The van der Waals surface area contributed by atoms with E-state index in [1.807, 2.05) is 35.2 Å². The number of carbonyl (C=O) groups excluding carboxylic acids is 1. The predicted molar refractivity (Wildman–Crippen MR) is 91.4 cm³/mol. The summed E-state index contributed by atoms with van der Waals surface area (Å²) in [7, 11) is 0. The fourth-order valence-corrected chi connectivity index (χ4v) is 2.77. The number of ether oxygens (including phenoxy) is 1. The highest BCUT2D eigenvalue weighted by Gasteiger charge is 2.26. The third kappa shape index (κ3) is 4.33. The molecule has 2 aromatic rings. The van der Waals surface area contributed by atoms with Crippen LogP contribution >= 0.6 is 0 Å². The zero-order chi connectivity index (χ0) is 17.6. The molecule has 3 rings (SSSR count). The largest absolute Gasteiger partial charge is 0.482 e. The van der Waals surface area contributed by atoms with E-state index in [4.69, 9.17) is 9.84 Å². The van der Waals surface area contributed by atoms with Crippen LogP contribution in [0, 0.1) is 0 Å². The number of aromatic nitrogens is 1. The van der Waals surface area contributed by atoms with Crippen LogP contribution in [0.15, 0.2) is 48.7 Å². The second kappa shape index (κ2) is 7.76. The number of amides is 1. The Labute approximate surface area is 145 Å². The van der Waals surface area contributed by atoms with Gasteiger partial charge in [0.25, 0.3) is 0 Å². The van der Waals surface area contributed by atoms with Crippen molar-refractivity contribution >= 4 is 17.7 Å². The minimum Gasteiger partial charge on any atom is -0.482 e. The molecule has 0 atom stereocenters. The Hall–Kier alpha value is -2.93. The molecule has 1 aliphatic rings. The summed E-state index contributed by atoms with van der Waals surface area (Å²) in [6, 6.07) is 12.8. The maximum atomic E-state index is 12.4. The van der Waals surface area contributed by atoms with Crippen LogP contribution in [0.1, 0.15) is 5.56 Å². The van der Waals surface area contributed by atoms with Gasteiger partial charge in [-0.15, -0.1) is 0 Å². The number of rotatable bonds is 6. The molecule has 1 saturated heterocycles. The lowest BCUT2D eigenvalue weighted by Gasteiger charge is -2.33. The lowest BCUT2D eigenvalue weighted by molar-refractivity contribution is -0.139. The summed E-state index contributed by atoms with van der Waals surface area (Å²) in [5.41, 5.74) is 0.864. The summed E-state index contributed by atoms with van der Waals surface area (Å²) in [6.07, 6.45) is 1.67. The molecule has 1 aromatic heterocycles. The average molecular weight is 341 g/mol. The molecular weight excluding hydrogens is 322 g/mol. The standard InChI is InChI=1S/C18H19N3O4/c22-17-12-20(9-10-21(17)16-7-3-4-8-19-16)11-14-5-1-2-6-15(14)25-13-18(23)24/h1-8H,9-13H2,(H,23,24). The minimum atomic E-state index is -1.02. The molecule has 7 heteroatoms. The Kier molecular flexibility index (Phi) is 5.25. The number of carbonyl (C=O) groups is 2. The van der Waals surface area contributed by atoms with Gasteiger partial charge in [0.05, 0.1) is 6.54 Å². The average Bonchev–Trinajstić information content (AvgIpc) is 2.62. The molecule has 7 nitrogen and oxygen atoms in total. The summed E-state index contributed by atoms with van der Waals surface area (Å²) >= 11 is 0. The first-order chi connectivity index (χ1) is 12.1. The first kappa shape index (κ1) is 16.9. The molecule has 25 heavy (non-hydrogen) atoms. The van der Waals surface area contributed by atoms with E-state index in [-0.39, 0.29) is 19.1 Å². The van der Waals surface area contributed by atoms with Gasteiger partial charge in [0.1, 0.15) is 11.6 Å². The van der Waals surface area contributed by atoms with Crippen molar-refractivity contribution in [3.8, 4) is 5.75 Å². The summed E-state index contributed by atoms with van der Waals surface area (Å²) in [5, 5.41) is 8.77. The molecule has 130 valence electrons. The molecule has 1 N–H and O–H groups in total. The van der Waals surface area contributed by atoms with Gasteiger partial charge in [0.2, 0.25) is 5.91 Å². The van der Waals surface area contributed by atoms with Gasteiger partial charge in [-0.05, 0) is 18.2 Å². The Morgan fingerprint density at radius 1 is 1.16 bits per heavy atom. The smallest absolute Gasteiger partial charge is 0.341 e. The SMILES string of the molecule is O=C(O)COc1ccccc1CN1CCN(c2ccccn2)C(=O)C1. The van der Waals surface area contributed by atoms with E-state index in [1.165, 1.54) is 0 Å². The first-order valence-electron chi connectivity index (χ1n) is 8.00. The van der Waals surface area contributed by atoms with Gasteiger partial charge in [-0.1, -0.05) is 24.3 Å². The Morgan fingerprint density at radius 2 is 1.96 bits per heavy atom. The van der Waals surface area contributed by atoms with E-state index >= 15 is 0 Å². The van der Waals surface area contributed by atoms with Gasteiger partial charge in [0, 0.05) is 31.4 Å². The first-order valence-corrected chi connectivity index (χ1v) is 8.00. The highest BCUT2D eigenvalue weighted by molar-refractivity contribution is 5.94. The lowest BCUT2D eigenvalue weighted by Crippen LogP contribution is -2.50. The van der Waals surface area contributed by atoms with Crippen molar-refractivity contribution in [3.63, 3.8) is 0 Å². The third-order valence-corrected chi connectivity index (χ3v) is 3.94. The summed E-state index contributed by atoms with van der Waals surface area (Å²) in [6.45, 7) is 1.69. The number of hydrogen-bond acceptors (Lipinski definition) is 5. The third-order valence-electron chi connectivity index (χ3n) is 3.94. The summed E-state index contributed by atoms with van der Waals surface area (Å²) in [5.74, 6) is 0.171. The normalized spacial score (nSPS) is 15.2. The van der Waals surface area contributed by atoms with E-state index in [1.54, 1.807) is 23.2 Å². The zero-order valence-electron chi connectivity index (χ0n) is 13.7. The number of pyridine rings is 1. The number of benzene rings is 1. The van der Waals surface area contributed by atoms with Crippen molar-refractivity contribution in [3.05, 3.63) is 54.2 Å². The summed E-state index contributed by atoms with van der Waals surface area (Å²) < 4.78 is 5.33. The summed E-state index contributed by atoms with van der Waals surface area (Å²) in [4.78, 5) is 31.1. The molecule has 0 radical (unpaired) electrons. The van der Waals surface area contributed by atoms with E-state index in [0.717, 1.165) is 5.56 Å². The van der Waals surface area contributed by atoms with Crippen molar-refractivity contribution in [1.29, 1.82) is 0 Å². The quantitative estimate of drug-likeness (QED) is 0.855. The van der Waals surface area contributed by atoms with Gasteiger partial charge in [-0.25, -0.2) is 9.78 Å². The molecule has 1 aromatic carbocycles. The Bertz CT molecular complexity index is 751. The fourth-order valence-electron chi connectivity index (χ4n) is 2.77. The number of aliphatic carboxylic acids is 1. The van der Waals surface area contributed by atoms with Crippen molar-refractivity contribution in [2.45, 2.75) is 6.54 Å². The van der Waals surface area contributed by atoms with E-state index < -0.39 is 5.97 Å². The number of piperazine rings is 1. The molecule has 0 spiro atoms. The monoisotopic (exact) mass is 341 g/mol. The molecule has 0 aliphatic carbocycles. The van der Waals surface area contributed by atoms with E-state index in [9.17, 15) is 9.59 Å². The number of carboxylic acid groups (broad SMARTS) is 1. The molecule has 2 heterocycles.